The zero-order chi connectivity index (χ0) is 16.4. The van der Waals surface area contributed by atoms with E-state index in [0.29, 0.717) is 0 Å². The van der Waals surface area contributed by atoms with E-state index in [4.69, 9.17) is 4.98 Å². The Kier molecular flexibility index (Phi) is 3.72. The number of aromatic nitrogens is 2. The lowest BCUT2D eigenvalue weighted by atomic mass is 10.0. The van der Waals surface area contributed by atoms with Crippen LogP contribution in [-0.4, -0.2) is 9.55 Å². The van der Waals surface area contributed by atoms with Gasteiger partial charge >= 0.3 is 0 Å². The smallest absolute Gasteiger partial charge is 0.0715 e. The lowest BCUT2D eigenvalue weighted by molar-refractivity contribution is 0.928. The lowest BCUT2D eigenvalue weighted by Gasteiger charge is -2.09. The van der Waals surface area contributed by atoms with E-state index in [0.717, 1.165) is 22.5 Å². The predicted molar refractivity (Wildman–Crippen MR) is 99.5 cm³/mol. The van der Waals surface area contributed by atoms with Gasteiger partial charge in [-0.05, 0) is 29.3 Å². The summed E-state index contributed by atoms with van der Waals surface area (Å²) < 4.78 is 2.07. The van der Waals surface area contributed by atoms with Crippen molar-refractivity contribution in [2.45, 2.75) is 0 Å². The summed E-state index contributed by atoms with van der Waals surface area (Å²) >= 11 is 0. The molecule has 0 aliphatic rings. The largest absolute Gasteiger partial charge is 0.357 e. The molecule has 116 valence electrons. The minimum absolute atomic E-state index is 0.996. The van der Waals surface area contributed by atoms with E-state index in [1.807, 2.05) is 43.4 Å². The zero-order valence-electron chi connectivity index (χ0n) is 13.6. The zero-order valence-corrected chi connectivity index (χ0v) is 13.6. The molecule has 2 nitrogen and oxygen atoms in total. The van der Waals surface area contributed by atoms with E-state index in [9.17, 15) is 0 Å². The summed E-state index contributed by atoms with van der Waals surface area (Å²) in [6.07, 6.45) is 4.21. The molecule has 2 aromatic heterocycles. The Morgan fingerprint density at radius 2 is 1.17 bits per heavy atom. The summed E-state index contributed by atoms with van der Waals surface area (Å²) in [6.45, 7) is 0. The first-order chi connectivity index (χ1) is 11.8. The molecular formula is C22H18N2. The maximum absolute atomic E-state index is 4.90. The molecule has 2 aromatic carbocycles. The van der Waals surface area contributed by atoms with Crippen LogP contribution in [0.1, 0.15) is 0 Å². The minimum atomic E-state index is 0.996. The fourth-order valence-corrected chi connectivity index (χ4v) is 2.88. The molecule has 4 rings (SSSR count). The molecule has 0 fully saturated rings. The second-order valence-electron chi connectivity index (χ2n) is 5.92. The summed E-state index contributed by atoms with van der Waals surface area (Å²) in [5, 5.41) is 0. The standard InChI is InChI=1S/C22H18N2/c1-24-13-12-19(16-24)20-14-21(17-8-4-2-5-9-17)23-22(15-20)18-10-6-3-7-11-18/h2-16H,1H3. The van der Waals surface area contributed by atoms with Crippen LogP contribution in [0.3, 0.4) is 0 Å². The van der Waals surface area contributed by atoms with Crippen LogP contribution in [0.25, 0.3) is 33.6 Å². The van der Waals surface area contributed by atoms with Crippen molar-refractivity contribution in [2.24, 2.45) is 7.05 Å². The van der Waals surface area contributed by atoms with E-state index < -0.39 is 0 Å². The molecular weight excluding hydrogens is 292 g/mol. The monoisotopic (exact) mass is 310 g/mol. The van der Waals surface area contributed by atoms with Gasteiger partial charge in [-0.2, -0.15) is 0 Å². The third kappa shape index (κ3) is 2.86. The van der Waals surface area contributed by atoms with E-state index in [1.165, 1.54) is 11.1 Å². The lowest BCUT2D eigenvalue weighted by Crippen LogP contribution is -1.90. The van der Waals surface area contributed by atoms with Gasteiger partial charge in [0.25, 0.3) is 0 Å². The molecule has 0 aliphatic heterocycles. The molecule has 0 saturated heterocycles. The molecule has 0 amide bonds. The molecule has 4 aromatic rings. The Balaban J connectivity index is 1.91. The summed E-state index contributed by atoms with van der Waals surface area (Å²) in [5.41, 5.74) is 6.64. The van der Waals surface area contributed by atoms with Gasteiger partial charge in [0.05, 0.1) is 11.4 Å². The number of pyridine rings is 1. The van der Waals surface area contributed by atoms with Crippen LogP contribution < -0.4 is 0 Å². The number of aryl methyl sites for hydroxylation is 1. The first-order valence-corrected chi connectivity index (χ1v) is 8.05. The number of benzene rings is 2. The number of hydrogen-bond donors (Lipinski definition) is 0. The Morgan fingerprint density at radius 1 is 0.625 bits per heavy atom. The van der Waals surface area contributed by atoms with Crippen molar-refractivity contribution in [3.8, 4) is 33.6 Å². The Hall–Kier alpha value is -3.13. The highest BCUT2D eigenvalue weighted by molar-refractivity contribution is 5.76. The third-order valence-corrected chi connectivity index (χ3v) is 4.13. The van der Waals surface area contributed by atoms with Gasteiger partial charge in [0.2, 0.25) is 0 Å². The van der Waals surface area contributed by atoms with Crippen molar-refractivity contribution in [3.63, 3.8) is 0 Å². The number of nitrogens with zero attached hydrogens (tertiary/aromatic N) is 2. The maximum atomic E-state index is 4.90. The molecule has 2 heterocycles. The summed E-state index contributed by atoms with van der Waals surface area (Å²) in [6, 6.07) is 27.1. The van der Waals surface area contributed by atoms with Gasteiger partial charge in [0.1, 0.15) is 0 Å². The van der Waals surface area contributed by atoms with Gasteiger partial charge in [-0.15, -0.1) is 0 Å². The van der Waals surface area contributed by atoms with Gasteiger partial charge in [-0.25, -0.2) is 4.98 Å². The van der Waals surface area contributed by atoms with Crippen LogP contribution in [0.5, 0.6) is 0 Å². The number of rotatable bonds is 3. The quantitative estimate of drug-likeness (QED) is 0.494. The van der Waals surface area contributed by atoms with Gasteiger partial charge in [-0.3, -0.25) is 0 Å². The van der Waals surface area contributed by atoms with Crippen LogP contribution in [0.15, 0.2) is 91.3 Å². The predicted octanol–water partition coefficient (Wildman–Crippen LogP) is 5.42. The second kappa shape index (κ2) is 6.17. The van der Waals surface area contributed by atoms with Gasteiger partial charge < -0.3 is 4.57 Å². The van der Waals surface area contributed by atoms with Crippen molar-refractivity contribution in [1.82, 2.24) is 9.55 Å². The van der Waals surface area contributed by atoms with Crippen molar-refractivity contribution in [2.75, 3.05) is 0 Å². The highest BCUT2D eigenvalue weighted by Crippen LogP contribution is 2.30. The van der Waals surface area contributed by atoms with Crippen LogP contribution in [0.4, 0.5) is 0 Å². The average Bonchev–Trinajstić information content (AvgIpc) is 3.09. The van der Waals surface area contributed by atoms with Crippen LogP contribution in [0, 0.1) is 0 Å². The van der Waals surface area contributed by atoms with Crippen molar-refractivity contribution < 1.29 is 0 Å². The van der Waals surface area contributed by atoms with Gasteiger partial charge in [-0.1, -0.05) is 60.7 Å². The Morgan fingerprint density at radius 3 is 1.62 bits per heavy atom. The van der Waals surface area contributed by atoms with Gasteiger partial charge in [0, 0.05) is 30.6 Å². The Bertz CT molecular complexity index is 896. The molecule has 0 aliphatic carbocycles. The summed E-state index contributed by atoms with van der Waals surface area (Å²) in [7, 11) is 2.04. The van der Waals surface area contributed by atoms with E-state index in [-0.39, 0.29) is 0 Å². The van der Waals surface area contributed by atoms with Crippen LogP contribution in [0.2, 0.25) is 0 Å². The van der Waals surface area contributed by atoms with Crippen molar-refractivity contribution in [1.29, 1.82) is 0 Å². The second-order valence-corrected chi connectivity index (χ2v) is 5.92. The molecule has 0 bridgehead atoms. The normalized spacial score (nSPS) is 10.7. The molecule has 0 unspecified atom stereocenters. The molecule has 2 heteroatoms. The number of hydrogen-bond acceptors (Lipinski definition) is 1. The first-order valence-electron chi connectivity index (χ1n) is 8.05. The topological polar surface area (TPSA) is 17.8 Å². The highest BCUT2D eigenvalue weighted by atomic mass is 14.9. The molecule has 0 radical (unpaired) electrons. The van der Waals surface area contributed by atoms with Crippen LogP contribution in [-0.2, 0) is 7.05 Å². The van der Waals surface area contributed by atoms with Gasteiger partial charge in [0.15, 0.2) is 0 Å². The minimum Gasteiger partial charge on any atom is -0.357 e. The van der Waals surface area contributed by atoms with E-state index >= 15 is 0 Å². The SMILES string of the molecule is Cn1ccc(-c2cc(-c3ccccc3)nc(-c3ccccc3)c2)c1. The highest BCUT2D eigenvalue weighted by Gasteiger charge is 2.09. The van der Waals surface area contributed by atoms with Crippen molar-refractivity contribution >= 4 is 0 Å². The third-order valence-electron chi connectivity index (χ3n) is 4.13. The molecule has 0 atom stereocenters. The maximum Gasteiger partial charge on any atom is 0.0715 e. The first kappa shape index (κ1) is 14.5. The Labute approximate surface area is 142 Å². The van der Waals surface area contributed by atoms with E-state index in [2.05, 4.69) is 59.4 Å². The molecule has 24 heavy (non-hydrogen) atoms. The van der Waals surface area contributed by atoms with Crippen LogP contribution >= 0.6 is 0 Å². The molecule has 0 saturated carbocycles. The summed E-state index contributed by atoms with van der Waals surface area (Å²) in [5.74, 6) is 0. The fourth-order valence-electron chi connectivity index (χ4n) is 2.88. The molecule has 0 N–H and O–H groups in total. The summed E-state index contributed by atoms with van der Waals surface area (Å²) in [4.78, 5) is 4.90. The van der Waals surface area contributed by atoms with E-state index in [1.54, 1.807) is 0 Å². The van der Waals surface area contributed by atoms with Crippen molar-refractivity contribution in [3.05, 3.63) is 91.3 Å². The fraction of sp³-hybridized carbons (Fsp3) is 0.0455. The average molecular weight is 310 g/mol. The molecule has 0 spiro atoms.